The minimum Gasteiger partial charge on any atom is -0.494 e. The van der Waals surface area contributed by atoms with E-state index in [4.69, 9.17) is 9.47 Å². The van der Waals surface area contributed by atoms with Crippen LogP contribution in [0.25, 0.3) is 0 Å². The Morgan fingerprint density at radius 3 is 2.45 bits per heavy atom. The van der Waals surface area contributed by atoms with Crippen LogP contribution in [0.2, 0.25) is 0 Å². The molecule has 20 heavy (non-hydrogen) atoms. The van der Waals surface area contributed by atoms with E-state index in [-0.39, 0.29) is 11.5 Å². The van der Waals surface area contributed by atoms with Gasteiger partial charge in [-0.1, -0.05) is 0 Å². The van der Waals surface area contributed by atoms with Gasteiger partial charge in [0.05, 0.1) is 14.2 Å². The third-order valence-corrected chi connectivity index (χ3v) is 3.53. The van der Waals surface area contributed by atoms with Gasteiger partial charge in [0.1, 0.15) is 0 Å². The second-order valence-corrected chi connectivity index (χ2v) is 4.74. The van der Waals surface area contributed by atoms with E-state index >= 15 is 0 Å². The van der Waals surface area contributed by atoms with E-state index in [2.05, 4.69) is 10.2 Å². The summed E-state index contributed by atoms with van der Waals surface area (Å²) in [6.45, 7) is 4.50. The van der Waals surface area contributed by atoms with Crippen LogP contribution < -0.4 is 14.8 Å². The average Bonchev–Trinajstić information content (AvgIpc) is 2.48. The Bertz CT molecular complexity index is 463. The van der Waals surface area contributed by atoms with Crippen LogP contribution in [0.15, 0.2) is 6.07 Å². The lowest BCUT2D eigenvalue weighted by Crippen LogP contribution is -2.44. The Morgan fingerprint density at radius 2 is 1.85 bits per heavy atom. The number of nitrogens with zero attached hydrogens (tertiary/aromatic N) is 1. The summed E-state index contributed by atoms with van der Waals surface area (Å²) in [6, 6.07) is 1.41. The monoisotopic (exact) mass is 286 g/mol. The molecule has 1 fully saturated rings. The van der Waals surface area contributed by atoms with Gasteiger partial charge in [0.25, 0.3) is 0 Å². The molecule has 0 spiro atoms. The van der Waals surface area contributed by atoms with Crippen LogP contribution in [0, 0.1) is 11.6 Å². The van der Waals surface area contributed by atoms with Crippen LogP contribution in [0.3, 0.4) is 0 Å². The molecule has 112 valence electrons. The highest BCUT2D eigenvalue weighted by atomic mass is 19.1. The second-order valence-electron chi connectivity index (χ2n) is 4.74. The molecule has 4 nitrogen and oxygen atoms in total. The number of ether oxygens (including phenoxy) is 2. The number of nitrogens with one attached hydrogen (secondary N) is 1. The first kappa shape index (κ1) is 15.0. The van der Waals surface area contributed by atoms with Gasteiger partial charge in [-0.05, 0) is 18.1 Å². The fraction of sp³-hybridized carbons (Fsp3) is 0.571. The zero-order valence-corrected chi connectivity index (χ0v) is 11.8. The summed E-state index contributed by atoms with van der Waals surface area (Å²) in [5.74, 6) is -1.79. The molecule has 0 unspecified atom stereocenters. The molecule has 1 heterocycles. The fourth-order valence-electron chi connectivity index (χ4n) is 2.36. The van der Waals surface area contributed by atoms with Gasteiger partial charge in [0.15, 0.2) is 17.3 Å². The van der Waals surface area contributed by atoms with Crippen molar-refractivity contribution in [3.05, 3.63) is 23.3 Å². The molecule has 1 aromatic rings. The highest BCUT2D eigenvalue weighted by molar-refractivity contribution is 5.42. The van der Waals surface area contributed by atoms with Crippen LogP contribution in [-0.2, 0) is 6.42 Å². The molecule has 0 bridgehead atoms. The third-order valence-electron chi connectivity index (χ3n) is 3.53. The zero-order valence-electron chi connectivity index (χ0n) is 11.8. The molecule has 1 aliphatic rings. The van der Waals surface area contributed by atoms with Crippen LogP contribution in [0.5, 0.6) is 11.5 Å². The van der Waals surface area contributed by atoms with Crippen molar-refractivity contribution in [2.45, 2.75) is 6.42 Å². The number of benzene rings is 1. The van der Waals surface area contributed by atoms with Crippen molar-refractivity contribution >= 4 is 0 Å². The molecule has 1 aromatic carbocycles. The van der Waals surface area contributed by atoms with Gasteiger partial charge < -0.3 is 19.7 Å². The van der Waals surface area contributed by atoms with Crippen molar-refractivity contribution in [1.29, 1.82) is 0 Å². The van der Waals surface area contributed by atoms with Crippen molar-refractivity contribution in [3.8, 4) is 11.5 Å². The number of hydrogen-bond donors (Lipinski definition) is 1. The number of hydrogen-bond acceptors (Lipinski definition) is 4. The molecule has 1 aliphatic heterocycles. The Kier molecular flexibility index (Phi) is 5.14. The minimum atomic E-state index is -0.793. The van der Waals surface area contributed by atoms with E-state index in [1.807, 2.05) is 0 Å². The molecule has 1 saturated heterocycles. The van der Waals surface area contributed by atoms with Crippen LogP contribution in [0.1, 0.15) is 5.56 Å². The number of rotatable bonds is 5. The van der Waals surface area contributed by atoms with E-state index in [1.54, 1.807) is 0 Å². The van der Waals surface area contributed by atoms with Crippen molar-refractivity contribution in [2.75, 3.05) is 46.9 Å². The minimum absolute atomic E-state index is 0.0126. The zero-order chi connectivity index (χ0) is 14.5. The molecular weight excluding hydrogens is 266 g/mol. The SMILES string of the molecule is COc1cc(CCN2CCNCC2)c(F)c(OC)c1F. The van der Waals surface area contributed by atoms with Crippen LogP contribution >= 0.6 is 0 Å². The lowest BCUT2D eigenvalue weighted by molar-refractivity contribution is 0.242. The summed E-state index contributed by atoms with van der Waals surface area (Å²) in [7, 11) is 2.61. The highest BCUT2D eigenvalue weighted by Gasteiger charge is 2.20. The van der Waals surface area contributed by atoms with Gasteiger partial charge in [-0.2, -0.15) is 4.39 Å². The predicted molar refractivity (Wildman–Crippen MR) is 72.5 cm³/mol. The number of methoxy groups -OCH3 is 2. The van der Waals surface area contributed by atoms with Crippen molar-refractivity contribution in [1.82, 2.24) is 10.2 Å². The molecule has 1 N–H and O–H groups in total. The lowest BCUT2D eigenvalue weighted by Gasteiger charge is -2.27. The van der Waals surface area contributed by atoms with Gasteiger partial charge in [0, 0.05) is 32.7 Å². The molecule has 0 radical (unpaired) electrons. The van der Waals surface area contributed by atoms with E-state index in [1.165, 1.54) is 20.3 Å². The second kappa shape index (κ2) is 6.85. The maximum atomic E-state index is 14.2. The lowest BCUT2D eigenvalue weighted by atomic mass is 10.1. The van der Waals surface area contributed by atoms with Gasteiger partial charge >= 0.3 is 0 Å². The van der Waals surface area contributed by atoms with Gasteiger partial charge in [-0.25, -0.2) is 4.39 Å². The molecular formula is C14H20F2N2O2. The summed E-state index contributed by atoms with van der Waals surface area (Å²) in [5, 5.41) is 3.26. The molecule has 2 rings (SSSR count). The summed E-state index contributed by atoms with van der Waals surface area (Å²) in [5.41, 5.74) is 0.415. The smallest absolute Gasteiger partial charge is 0.209 e. The van der Waals surface area contributed by atoms with E-state index < -0.39 is 11.6 Å². The highest BCUT2D eigenvalue weighted by Crippen LogP contribution is 2.32. The molecule has 6 heteroatoms. The molecule has 0 atom stereocenters. The number of halogens is 2. The Balaban J connectivity index is 2.13. The van der Waals surface area contributed by atoms with Crippen molar-refractivity contribution < 1.29 is 18.3 Å². The normalized spacial score (nSPS) is 16.2. The molecule has 0 aliphatic carbocycles. The Labute approximate surface area is 117 Å². The quantitative estimate of drug-likeness (QED) is 0.888. The Hall–Kier alpha value is -1.40. The summed E-state index contributed by atoms with van der Waals surface area (Å²) >= 11 is 0. The number of piperazine rings is 1. The first-order chi connectivity index (χ1) is 9.67. The predicted octanol–water partition coefficient (Wildman–Crippen LogP) is 1.43. The largest absolute Gasteiger partial charge is 0.494 e. The molecule has 0 saturated carbocycles. The maximum absolute atomic E-state index is 14.2. The maximum Gasteiger partial charge on any atom is 0.209 e. The van der Waals surface area contributed by atoms with Crippen LogP contribution in [0.4, 0.5) is 8.78 Å². The van der Waals surface area contributed by atoms with E-state index in [0.29, 0.717) is 12.0 Å². The van der Waals surface area contributed by atoms with Crippen LogP contribution in [-0.4, -0.2) is 51.8 Å². The third kappa shape index (κ3) is 3.19. The fourth-order valence-corrected chi connectivity index (χ4v) is 2.36. The molecule has 0 amide bonds. The van der Waals surface area contributed by atoms with E-state index in [9.17, 15) is 8.78 Å². The van der Waals surface area contributed by atoms with Gasteiger partial charge in [0.2, 0.25) is 5.82 Å². The van der Waals surface area contributed by atoms with Gasteiger partial charge in [-0.15, -0.1) is 0 Å². The van der Waals surface area contributed by atoms with E-state index in [0.717, 1.165) is 32.7 Å². The summed E-state index contributed by atoms with van der Waals surface area (Å²) in [6.07, 6.45) is 0.499. The first-order valence-electron chi connectivity index (χ1n) is 6.69. The van der Waals surface area contributed by atoms with Crippen molar-refractivity contribution in [2.24, 2.45) is 0 Å². The van der Waals surface area contributed by atoms with Gasteiger partial charge in [-0.3, -0.25) is 0 Å². The average molecular weight is 286 g/mol. The molecule has 0 aromatic heterocycles. The topological polar surface area (TPSA) is 33.7 Å². The summed E-state index contributed by atoms with van der Waals surface area (Å²) < 4.78 is 37.7. The first-order valence-corrected chi connectivity index (χ1v) is 6.69. The summed E-state index contributed by atoms with van der Waals surface area (Å²) in [4.78, 5) is 2.25. The Morgan fingerprint density at radius 1 is 1.15 bits per heavy atom. The van der Waals surface area contributed by atoms with Crippen molar-refractivity contribution in [3.63, 3.8) is 0 Å². The standard InChI is InChI=1S/C14H20F2N2O2/c1-19-11-9-10(12(15)14(20-2)13(11)16)3-6-18-7-4-17-5-8-18/h9,17H,3-8H2,1-2H3.